The summed E-state index contributed by atoms with van der Waals surface area (Å²) in [5.41, 5.74) is 3.22. The Morgan fingerprint density at radius 3 is 2.52 bits per heavy atom. The van der Waals surface area contributed by atoms with Crippen LogP contribution >= 0.6 is 0 Å². The standard InChI is InChI=1S/C24H27N5O2/c1-16(30)28-19-7-9-20(10-8-19)29-23-12-18(11-22-21(23)14-25-15-27-22)24(31)26-13-17-5-3-2-4-6-17/h2-6,11-12,14-15,19-20,29H,7-10,13H2,1H3,(H,26,31)(H,28,30). The summed E-state index contributed by atoms with van der Waals surface area (Å²) in [6, 6.07) is 14.0. The summed E-state index contributed by atoms with van der Waals surface area (Å²) in [5, 5.41) is 10.5. The molecule has 0 atom stereocenters. The molecule has 4 rings (SSSR count). The van der Waals surface area contributed by atoms with Crippen molar-refractivity contribution in [1.82, 2.24) is 20.6 Å². The summed E-state index contributed by atoms with van der Waals surface area (Å²) in [6.45, 7) is 2.03. The van der Waals surface area contributed by atoms with E-state index in [2.05, 4.69) is 25.9 Å². The predicted molar refractivity (Wildman–Crippen MR) is 121 cm³/mol. The molecule has 0 unspecified atom stereocenters. The first-order chi connectivity index (χ1) is 15.1. The van der Waals surface area contributed by atoms with Gasteiger partial charge in [0.05, 0.1) is 5.52 Å². The number of aromatic nitrogens is 2. The Balaban J connectivity index is 1.49. The smallest absolute Gasteiger partial charge is 0.251 e. The number of rotatable bonds is 6. The highest BCUT2D eigenvalue weighted by molar-refractivity contribution is 6.02. The number of carbonyl (C=O) groups is 2. The second kappa shape index (κ2) is 9.55. The Morgan fingerprint density at radius 2 is 1.77 bits per heavy atom. The Kier molecular flexibility index (Phi) is 6.40. The Hall–Kier alpha value is -3.48. The first-order valence-electron chi connectivity index (χ1n) is 10.7. The van der Waals surface area contributed by atoms with Gasteiger partial charge < -0.3 is 16.0 Å². The zero-order valence-electron chi connectivity index (χ0n) is 17.6. The van der Waals surface area contributed by atoms with Gasteiger partial charge in [0.2, 0.25) is 5.91 Å². The molecule has 2 aromatic carbocycles. The van der Waals surface area contributed by atoms with Crippen LogP contribution in [-0.2, 0) is 11.3 Å². The van der Waals surface area contributed by atoms with Crippen LogP contribution in [0, 0.1) is 0 Å². The minimum atomic E-state index is -0.137. The molecular formula is C24H27N5O2. The number of fused-ring (bicyclic) bond motifs is 1. The van der Waals surface area contributed by atoms with Crippen LogP contribution in [0.4, 0.5) is 5.69 Å². The molecule has 7 nitrogen and oxygen atoms in total. The van der Waals surface area contributed by atoms with Gasteiger partial charge in [0.1, 0.15) is 6.33 Å². The van der Waals surface area contributed by atoms with E-state index in [4.69, 9.17) is 0 Å². The molecule has 2 amide bonds. The monoisotopic (exact) mass is 417 g/mol. The molecule has 0 saturated heterocycles. The third-order valence-electron chi connectivity index (χ3n) is 5.68. The van der Waals surface area contributed by atoms with Gasteiger partial charge in [-0.3, -0.25) is 9.59 Å². The van der Waals surface area contributed by atoms with E-state index >= 15 is 0 Å². The Morgan fingerprint density at radius 1 is 1.03 bits per heavy atom. The molecule has 7 heteroatoms. The summed E-state index contributed by atoms with van der Waals surface area (Å²) in [6.07, 6.45) is 7.04. The summed E-state index contributed by atoms with van der Waals surface area (Å²) < 4.78 is 0. The first-order valence-corrected chi connectivity index (χ1v) is 10.7. The maximum atomic E-state index is 12.8. The van der Waals surface area contributed by atoms with Crippen molar-refractivity contribution >= 4 is 28.4 Å². The summed E-state index contributed by atoms with van der Waals surface area (Å²) in [7, 11) is 0. The third kappa shape index (κ3) is 5.36. The molecule has 0 aliphatic heterocycles. The number of nitrogens with zero attached hydrogens (tertiary/aromatic N) is 2. The molecule has 1 saturated carbocycles. The van der Waals surface area contributed by atoms with E-state index in [-0.39, 0.29) is 23.9 Å². The lowest BCUT2D eigenvalue weighted by molar-refractivity contribution is -0.119. The number of benzene rings is 2. The SMILES string of the molecule is CC(=O)NC1CCC(Nc2cc(C(=O)NCc3ccccc3)cc3ncncc23)CC1. The number of anilines is 1. The second-order valence-corrected chi connectivity index (χ2v) is 8.04. The van der Waals surface area contributed by atoms with Gasteiger partial charge in [-0.05, 0) is 43.4 Å². The first kappa shape index (κ1) is 20.8. The van der Waals surface area contributed by atoms with Crippen LogP contribution in [0.2, 0.25) is 0 Å². The average molecular weight is 418 g/mol. The van der Waals surface area contributed by atoms with Crippen molar-refractivity contribution in [3.63, 3.8) is 0 Å². The molecule has 1 aliphatic rings. The lowest BCUT2D eigenvalue weighted by atomic mass is 9.90. The fourth-order valence-corrected chi connectivity index (χ4v) is 4.10. The van der Waals surface area contributed by atoms with Crippen LogP contribution in [0.25, 0.3) is 10.9 Å². The van der Waals surface area contributed by atoms with E-state index in [1.165, 1.54) is 6.33 Å². The molecule has 0 bridgehead atoms. The number of nitrogens with one attached hydrogen (secondary N) is 3. The highest BCUT2D eigenvalue weighted by Crippen LogP contribution is 2.28. The van der Waals surface area contributed by atoms with Crippen molar-refractivity contribution < 1.29 is 9.59 Å². The maximum Gasteiger partial charge on any atom is 0.251 e. The number of hydrogen-bond acceptors (Lipinski definition) is 5. The molecule has 1 heterocycles. The van der Waals surface area contributed by atoms with Crippen molar-refractivity contribution in [2.45, 2.75) is 51.2 Å². The largest absolute Gasteiger partial charge is 0.382 e. The topological polar surface area (TPSA) is 96.0 Å². The fraction of sp³-hybridized carbons (Fsp3) is 0.333. The molecular weight excluding hydrogens is 390 g/mol. The average Bonchev–Trinajstić information content (AvgIpc) is 2.79. The number of amides is 2. The van der Waals surface area contributed by atoms with Crippen molar-refractivity contribution in [2.75, 3.05) is 5.32 Å². The van der Waals surface area contributed by atoms with E-state index < -0.39 is 0 Å². The quantitative estimate of drug-likeness (QED) is 0.571. The Labute approximate surface area is 181 Å². The minimum Gasteiger partial charge on any atom is -0.382 e. The van der Waals surface area contributed by atoms with Crippen LogP contribution in [0.15, 0.2) is 55.0 Å². The fourth-order valence-electron chi connectivity index (χ4n) is 4.10. The van der Waals surface area contributed by atoms with Gasteiger partial charge in [-0.1, -0.05) is 30.3 Å². The molecule has 160 valence electrons. The number of hydrogen-bond donors (Lipinski definition) is 3. The van der Waals surface area contributed by atoms with Crippen LogP contribution in [-0.4, -0.2) is 33.9 Å². The molecule has 0 spiro atoms. The second-order valence-electron chi connectivity index (χ2n) is 8.04. The molecule has 0 radical (unpaired) electrons. The molecule has 3 N–H and O–H groups in total. The molecule has 1 fully saturated rings. The van der Waals surface area contributed by atoms with Gasteiger partial charge in [0.15, 0.2) is 0 Å². The van der Waals surface area contributed by atoms with E-state index in [0.29, 0.717) is 12.1 Å². The van der Waals surface area contributed by atoms with Crippen molar-refractivity contribution in [3.8, 4) is 0 Å². The van der Waals surface area contributed by atoms with Crippen molar-refractivity contribution in [1.29, 1.82) is 0 Å². The lowest BCUT2D eigenvalue weighted by Crippen LogP contribution is -2.39. The van der Waals surface area contributed by atoms with Crippen LogP contribution in [0.5, 0.6) is 0 Å². The van der Waals surface area contributed by atoms with E-state index in [9.17, 15) is 9.59 Å². The normalized spacial score (nSPS) is 18.4. The van der Waals surface area contributed by atoms with Gasteiger partial charge in [-0.25, -0.2) is 9.97 Å². The van der Waals surface area contributed by atoms with Gasteiger partial charge in [-0.2, -0.15) is 0 Å². The molecule has 1 aliphatic carbocycles. The number of carbonyl (C=O) groups excluding carboxylic acids is 2. The molecule has 31 heavy (non-hydrogen) atoms. The Bertz CT molecular complexity index is 1060. The zero-order chi connectivity index (χ0) is 21.6. The molecule has 3 aromatic rings. The van der Waals surface area contributed by atoms with Gasteiger partial charge in [0, 0.05) is 48.4 Å². The van der Waals surface area contributed by atoms with E-state index in [0.717, 1.165) is 47.8 Å². The van der Waals surface area contributed by atoms with Crippen LogP contribution in [0.3, 0.4) is 0 Å². The summed E-state index contributed by atoms with van der Waals surface area (Å²) in [5.74, 6) is -0.115. The highest BCUT2D eigenvalue weighted by Gasteiger charge is 2.22. The van der Waals surface area contributed by atoms with Crippen LogP contribution in [0.1, 0.15) is 48.5 Å². The van der Waals surface area contributed by atoms with E-state index in [1.54, 1.807) is 19.2 Å². The summed E-state index contributed by atoms with van der Waals surface area (Å²) in [4.78, 5) is 32.7. The lowest BCUT2D eigenvalue weighted by Gasteiger charge is -2.30. The predicted octanol–water partition coefficient (Wildman–Crippen LogP) is 3.42. The van der Waals surface area contributed by atoms with Crippen molar-refractivity contribution in [3.05, 3.63) is 66.1 Å². The van der Waals surface area contributed by atoms with E-state index in [1.807, 2.05) is 36.4 Å². The highest BCUT2D eigenvalue weighted by atomic mass is 16.2. The maximum absolute atomic E-state index is 12.8. The van der Waals surface area contributed by atoms with Crippen LogP contribution < -0.4 is 16.0 Å². The zero-order valence-corrected chi connectivity index (χ0v) is 17.6. The van der Waals surface area contributed by atoms with Gasteiger partial charge >= 0.3 is 0 Å². The minimum absolute atomic E-state index is 0.0220. The summed E-state index contributed by atoms with van der Waals surface area (Å²) >= 11 is 0. The van der Waals surface area contributed by atoms with Gasteiger partial charge in [0.25, 0.3) is 5.91 Å². The third-order valence-corrected chi connectivity index (χ3v) is 5.68. The molecule has 1 aromatic heterocycles. The van der Waals surface area contributed by atoms with Gasteiger partial charge in [-0.15, -0.1) is 0 Å². The van der Waals surface area contributed by atoms with Crippen molar-refractivity contribution in [2.24, 2.45) is 0 Å².